The zero-order chi connectivity index (χ0) is 5.70. The predicted octanol–water partition coefficient (Wildman–Crippen LogP) is 1.54. The van der Waals surface area contributed by atoms with Crippen molar-refractivity contribution in [1.82, 2.24) is 0 Å². The highest BCUT2D eigenvalue weighted by Gasteiger charge is 1.91. The van der Waals surface area contributed by atoms with Crippen molar-refractivity contribution in [3.8, 4) is 0 Å². The topological polar surface area (TPSA) is 18.5 Å². The van der Waals surface area contributed by atoms with Crippen LogP contribution in [0.15, 0.2) is 0 Å². The molecule has 3 heteroatoms. The van der Waals surface area contributed by atoms with Gasteiger partial charge in [-0.2, -0.15) is 0 Å². The van der Waals surface area contributed by atoms with Gasteiger partial charge in [0.2, 0.25) is 0 Å². The molecule has 0 radical (unpaired) electrons. The lowest BCUT2D eigenvalue weighted by Gasteiger charge is -1.99. The van der Waals surface area contributed by atoms with E-state index in [0.717, 1.165) is 0 Å². The van der Waals surface area contributed by atoms with Crippen LogP contribution in [0.5, 0.6) is 0 Å². The minimum atomic E-state index is -0.347. The molecule has 7 heavy (non-hydrogen) atoms. The predicted molar refractivity (Wildman–Crippen MR) is 28.0 cm³/mol. The Hall–Kier alpha value is 0.210. The van der Waals surface area contributed by atoms with Crippen molar-refractivity contribution < 1.29 is 9.78 Å². The number of rotatable bonds is 3. The van der Waals surface area contributed by atoms with E-state index in [2.05, 4.69) is 9.78 Å². The molecule has 44 valence electrons. The van der Waals surface area contributed by atoms with Crippen LogP contribution >= 0.6 is 11.6 Å². The maximum absolute atomic E-state index is 5.31. The zero-order valence-corrected chi connectivity index (χ0v) is 5.23. The smallest absolute Gasteiger partial charge is 0.163 e. The zero-order valence-electron chi connectivity index (χ0n) is 4.48. The first kappa shape index (κ1) is 7.21. The average Bonchev–Trinajstić information content (AvgIpc) is 1.61. The molecule has 0 N–H and O–H groups in total. The molecule has 0 aliphatic rings. The number of hydrogen-bond donors (Lipinski definition) is 0. The first-order valence-electron chi connectivity index (χ1n) is 2.19. The summed E-state index contributed by atoms with van der Waals surface area (Å²) in [6.45, 7) is 4.06. The lowest BCUT2D eigenvalue weighted by molar-refractivity contribution is -0.299. The molecule has 0 aromatic heterocycles. The Kier molecular flexibility index (Phi) is 4.50. The fourth-order valence-electron chi connectivity index (χ4n) is 0.162. The second kappa shape index (κ2) is 4.37. The van der Waals surface area contributed by atoms with E-state index in [1.54, 1.807) is 6.92 Å². The van der Waals surface area contributed by atoms with Gasteiger partial charge in [-0.25, -0.2) is 9.78 Å². The van der Waals surface area contributed by atoms with Gasteiger partial charge in [-0.3, -0.25) is 0 Å². The molecule has 0 aromatic rings. The summed E-state index contributed by atoms with van der Waals surface area (Å²) in [4.78, 5) is 8.92. The maximum Gasteiger partial charge on any atom is 0.163 e. The van der Waals surface area contributed by atoms with E-state index in [9.17, 15) is 0 Å². The molecule has 0 aliphatic carbocycles. The van der Waals surface area contributed by atoms with Gasteiger partial charge in [-0.1, -0.05) is 11.6 Å². The van der Waals surface area contributed by atoms with Gasteiger partial charge < -0.3 is 0 Å². The summed E-state index contributed by atoms with van der Waals surface area (Å²) in [6.07, 6.45) is 0. The van der Waals surface area contributed by atoms with Crippen molar-refractivity contribution in [3.63, 3.8) is 0 Å². The van der Waals surface area contributed by atoms with Crippen LogP contribution in [-0.2, 0) is 9.78 Å². The van der Waals surface area contributed by atoms with Crippen molar-refractivity contribution in [2.75, 3.05) is 6.61 Å². The summed E-state index contributed by atoms with van der Waals surface area (Å²) in [5, 5.41) is 0. The van der Waals surface area contributed by atoms with Gasteiger partial charge in [-0.15, -0.1) is 0 Å². The molecule has 1 unspecified atom stereocenters. The molecule has 0 amide bonds. The quantitative estimate of drug-likeness (QED) is 0.323. The van der Waals surface area contributed by atoms with E-state index in [0.29, 0.717) is 6.61 Å². The minimum absolute atomic E-state index is 0.347. The summed E-state index contributed by atoms with van der Waals surface area (Å²) >= 11 is 5.31. The van der Waals surface area contributed by atoms with Crippen LogP contribution in [0.4, 0.5) is 0 Å². The fraction of sp³-hybridized carbons (Fsp3) is 1.00. The molecule has 0 saturated carbocycles. The third-order valence-corrected chi connectivity index (χ3v) is 0.391. The molecule has 0 saturated heterocycles. The van der Waals surface area contributed by atoms with E-state index in [1.165, 1.54) is 0 Å². The molecule has 0 aliphatic heterocycles. The summed E-state index contributed by atoms with van der Waals surface area (Å²) < 4.78 is 0. The van der Waals surface area contributed by atoms with E-state index in [1.807, 2.05) is 6.92 Å². The van der Waals surface area contributed by atoms with Crippen LogP contribution in [0.1, 0.15) is 13.8 Å². The molecule has 0 aromatic carbocycles. The van der Waals surface area contributed by atoms with Crippen molar-refractivity contribution in [2.45, 2.75) is 19.4 Å². The van der Waals surface area contributed by atoms with Gasteiger partial charge in [0, 0.05) is 0 Å². The molecule has 0 bridgehead atoms. The molecule has 0 rings (SSSR count). The van der Waals surface area contributed by atoms with E-state index in [-0.39, 0.29) is 5.56 Å². The highest BCUT2D eigenvalue weighted by Crippen LogP contribution is 1.94. The van der Waals surface area contributed by atoms with E-state index < -0.39 is 0 Å². The van der Waals surface area contributed by atoms with Crippen molar-refractivity contribution in [1.29, 1.82) is 0 Å². The first-order valence-corrected chi connectivity index (χ1v) is 2.63. The Balaban J connectivity index is 2.68. The van der Waals surface area contributed by atoms with Crippen molar-refractivity contribution >= 4 is 11.6 Å². The van der Waals surface area contributed by atoms with E-state index >= 15 is 0 Å². The maximum atomic E-state index is 5.31. The van der Waals surface area contributed by atoms with Crippen molar-refractivity contribution in [2.24, 2.45) is 0 Å². The van der Waals surface area contributed by atoms with Crippen LogP contribution < -0.4 is 0 Å². The minimum Gasteiger partial charge on any atom is -0.236 e. The first-order chi connectivity index (χ1) is 3.27. The van der Waals surface area contributed by atoms with Gasteiger partial charge in [0.1, 0.15) is 0 Å². The molecule has 0 heterocycles. The van der Waals surface area contributed by atoms with Gasteiger partial charge in [-0.05, 0) is 13.8 Å². The molecular formula is C4H9ClO2. The highest BCUT2D eigenvalue weighted by molar-refractivity contribution is 6.19. The molecule has 0 spiro atoms. The summed E-state index contributed by atoms with van der Waals surface area (Å²) in [5.41, 5.74) is -0.347. The lowest BCUT2D eigenvalue weighted by Crippen LogP contribution is -1.99. The normalized spacial score (nSPS) is 14.1. The van der Waals surface area contributed by atoms with Gasteiger partial charge in [0.15, 0.2) is 5.56 Å². The second-order valence-electron chi connectivity index (χ2n) is 1.05. The summed E-state index contributed by atoms with van der Waals surface area (Å²) in [5.74, 6) is 0. The van der Waals surface area contributed by atoms with Gasteiger partial charge >= 0.3 is 0 Å². The molecule has 1 atom stereocenters. The van der Waals surface area contributed by atoms with Crippen LogP contribution in [0.3, 0.4) is 0 Å². The SMILES string of the molecule is CCOOC(C)Cl. The highest BCUT2D eigenvalue weighted by atomic mass is 35.5. The Bertz CT molecular complexity index is 38.7. The number of alkyl halides is 1. The summed E-state index contributed by atoms with van der Waals surface area (Å²) in [7, 11) is 0. The lowest BCUT2D eigenvalue weighted by atomic mass is 10.9. The largest absolute Gasteiger partial charge is 0.236 e. The number of halogens is 1. The van der Waals surface area contributed by atoms with Crippen LogP contribution in [0, 0.1) is 0 Å². The van der Waals surface area contributed by atoms with Crippen LogP contribution in [0.25, 0.3) is 0 Å². The molecular weight excluding hydrogens is 115 g/mol. The third kappa shape index (κ3) is 6.21. The Labute approximate surface area is 48.3 Å². The Morgan fingerprint density at radius 2 is 2.29 bits per heavy atom. The van der Waals surface area contributed by atoms with Gasteiger partial charge in [0.05, 0.1) is 6.61 Å². The van der Waals surface area contributed by atoms with Crippen LogP contribution in [0.2, 0.25) is 0 Å². The molecule has 2 nitrogen and oxygen atoms in total. The van der Waals surface area contributed by atoms with Gasteiger partial charge in [0.25, 0.3) is 0 Å². The number of hydrogen-bond acceptors (Lipinski definition) is 2. The average molecular weight is 125 g/mol. The second-order valence-corrected chi connectivity index (χ2v) is 1.66. The monoisotopic (exact) mass is 124 g/mol. The molecule has 0 fully saturated rings. The standard InChI is InChI=1S/C4H9ClO2/c1-3-6-7-4(2)5/h4H,3H2,1-2H3. The third-order valence-electron chi connectivity index (χ3n) is 0.318. The van der Waals surface area contributed by atoms with Crippen molar-refractivity contribution in [3.05, 3.63) is 0 Å². The fourth-order valence-corrected chi connectivity index (χ4v) is 0.213. The van der Waals surface area contributed by atoms with E-state index in [4.69, 9.17) is 11.6 Å². The Morgan fingerprint density at radius 3 is 2.43 bits per heavy atom. The Morgan fingerprint density at radius 1 is 1.71 bits per heavy atom. The van der Waals surface area contributed by atoms with Crippen LogP contribution in [-0.4, -0.2) is 12.2 Å². The summed E-state index contributed by atoms with van der Waals surface area (Å²) in [6, 6.07) is 0.